The van der Waals surface area contributed by atoms with Gasteiger partial charge in [0.2, 0.25) is 0 Å². The number of rotatable bonds is 7. The van der Waals surface area contributed by atoms with Gasteiger partial charge in [-0.05, 0) is 50.7 Å². The maximum Gasteiger partial charge on any atom is 0.00267 e. The summed E-state index contributed by atoms with van der Waals surface area (Å²) in [6.45, 7) is 13.4. The molecule has 0 aromatic carbocycles. The number of unbranched alkanes of at least 4 members (excludes halogenated alkanes) is 1. The molecule has 0 fully saturated rings. The molecule has 0 bridgehead atoms. The van der Waals surface area contributed by atoms with Crippen LogP contribution in [0.5, 0.6) is 0 Å². The summed E-state index contributed by atoms with van der Waals surface area (Å²) in [5.74, 6) is 1.18. The molecule has 0 radical (unpaired) electrons. The van der Waals surface area contributed by atoms with Crippen LogP contribution in [-0.2, 0) is 0 Å². The van der Waals surface area contributed by atoms with Crippen LogP contribution >= 0.6 is 0 Å². The third-order valence-electron chi connectivity index (χ3n) is 3.13. The van der Waals surface area contributed by atoms with Gasteiger partial charge in [0.1, 0.15) is 0 Å². The largest absolute Gasteiger partial charge is 0.125 e. The van der Waals surface area contributed by atoms with E-state index in [0.29, 0.717) is 11.8 Å². The van der Waals surface area contributed by atoms with Crippen LogP contribution in [-0.4, -0.2) is 0 Å². The molecule has 0 N–H and O–H groups in total. The lowest BCUT2D eigenvalue weighted by molar-refractivity contribution is 0.690. The average Bonchev–Trinajstić information content (AvgIpc) is 2.27. The Morgan fingerprint density at radius 3 is 2.29 bits per heavy atom. The summed E-state index contributed by atoms with van der Waals surface area (Å²) in [5.41, 5.74) is 6.42. The van der Waals surface area contributed by atoms with Gasteiger partial charge in [0.15, 0.2) is 0 Å². The summed E-state index contributed by atoms with van der Waals surface area (Å²) in [5, 5.41) is 0. The van der Waals surface area contributed by atoms with Crippen LogP contribution < -0.4 is 0 Å². The first-order valence-electron chi connectivity index (χ1n) is 7.11. The van der Waals surface area contributed by atoms with E-state index in [9.17, 15) is 0 Å². The van der Waals surface area contributed by atoms with Crippen LogP contribution in [0.1, 0.15) is 67.2 Å². The molecule has 0 saturated carbocycles. The van der Waals surface area contributed by atoms with Crippen molar-refractivity contribution in [2.24, 2.45) is 11.8 Å². The van der Waals surface area contributed by atoms with E-state index in [-0.39, 0.29) is 0 Å². The monoisotopic (exact) mass is 234 g/mol. The van der Waals surface area contributed by atoms with Gasteiger partial charge in [-0.25, -0.2) is 0 Å². The fourth-order valence-corrected chi connectivity index (χ4v) is 1.77. The van der Waals surface area contributed by atoms with Crippen molar-refractivity contribution in [3.05, 3.63) is 29.0 Å². The number of hydrogen-bond acceptors (Lipinski definition) is 0. The molecule has 98 valence electrons. The van der Waals surface area contributed by atoms with Crippen molar-refractivity contribution in [1.82, 2.24) is 0 Å². The number of hydrogen-bond donors (Lipinski definition) is 0. The van der Waals surface area contributed by atoms with Crippen LogP contribution in [0.15, 0.2) is 29.0 Å². The van der Waals surface area contributed by atoms with Gasteiger partial charge in [-0.3, -0.25) is 0 Å². The van der Waals surface area contributed by atoms with Crippen molar-refractivity contribution < 1.29 is 0 Å². The molecule has 17 heavy (non-hydrogen) atoms. The molecule has 0 spiro atoms. The Bertz CT molecular complexity index is 283. The third kappa shape index (κ3) is 8.05. The zero-order valence-corrected chi connectivity index (χ0v) is 12.6. The molecule has 0 heteroatoms. The maximum atomic E-state index is 3.56. The maximum absolute atomic E-state index is 3.56. The Hall–Kier alpha value is -0.740. The lowest BCUT2D eigenvalue weighted by atomic mass is 9.94. The van der Waals surface area contributed by atoms with Crippen molar-refractivity contribution in [2.45, 2.75) is 67.2 Å². The molecular weight excluding hydrogens is 204 g/mol. The van der Waals surface area contributed by atoms with E-state index in [4.69, 9.17) is 0 Å². The van der Waals surface area contributed by atoms with E-state index in [1.165, 1.54) is 36.8 Å². The van der Waals surface area contributed by atoms with Crippen molar-refractivity contribution >= 4 is 0 Å². The molecule has 0 saturated heterocycles. The molecule has 0 aliphatic carbocycles. The van der Waals surface area contributed by atoms with Crippen molar-refractivity contribution in [1.29, 1.82) is 0 Å². The standard InChI is InChI=1S/C17H30/c1-7-9-10-17(12-11-15(5)8-2)16(6)13-14(3)4/h11,13,15-16H,7-10H2,1-6H3. The Balaban J connectivity index is 4.86. The highest BCUT2D eigenvalue weighted by Crippen LogP contribution is 2.19. The molecule has 0 aliphatic rings. The summed E-state index contributed by atoms with van der Waals surface area (Å²) < 4.78 is 0. The van der Waals surface area contributed by atoms with E-state index >= 15 is 0 Å². The molecule has 0 aromatic heterocycles. The fourth-order valence-electron chi connectivity index (χ4n) is 1.77. The molecule has 0 aliphatic heterocycles. The molecular formula is C17H30. The zero-order valence-electron chi connectivity index (χ0n) is 12.6. The lowest BCUT2D eigenvalue weighted by Gasteiger charge is -2.10. The first kappa shape index (κ1) is 16.3. The van der Waals surface area contributed by atoms with Gasteiger partial charge in [0.05, 0.1) is 0 Å². The Morgan fingerprint density at radius 2 is 1.82 bits per heavy atom. The van der Waals surface area contributed by atoms with Gasteiger partial charge in [0, 0.05) is 5.92 Å². The quantitative estimate of drug-likeness (QED) is 0.379. The highest BCUT2D eigenvalue weighted by atomic mass is 14.1. The van der Waals surface area contributed by atoms with Crippen LogP contribution in [0.3, 0.4) is 0 Å². The van der Waals surface area contributed by atoms with Gasteiger partial charge in [-0.2, -0.15) is 0 Å². The lowest BCUT2D eigenvalue weighted by Crippen LogP contribution is -1.96. The SMILES string of the molecule is CCCCC(=C=CC(C)CC)C(C)C=C(C)C. The Kier molecular flexibility index (Phi) is 8.90. The van der Waals surface area contributed by atoms with Crippen molar-refractivity contribution in [3.8, 4) is 0 Å². The predicted octanol–water partition coefficient (Wildman–Crippen LogP) is 5.91. The second kappa shape index (κ2) is 9.31. The molecule has 2 unspecified atom stereocenters. The average molecular weight is 234 g/mol. The zero-order chi connectivity index (χ0) is 13.3. The topological polar surface area (TPSA) is 0 Å². The van der Waals surface area contributed by atoms with Gasteiger partial charge >= 0.3 is 0 Å². The van der Waals surface area contributed by atoms with Gasteiger partial charge in [-0.1, -0.05) is 45.8 Å². The summed E-state index contributed by atoms with van der Waals surface area (Å²) in [6.07, 6.45) is 9.52. The minimum Gasteiger partial charge on any atom is -0.125 e. The van der Waals surface area contributed by atoms with E-state index in [0.717, 1.165) is 0 Å². The third-order valence-corrected chi connectivity index (χ3v) is 3.13. The minimum atomic E-state index is 0.534. The van der Waals surface area contributed by atoms with Crippen molar-refractivity contribution in [3.63, 3.8) is 0 Å². The highest BCUT2D eigenvalue weighted by molar-refractivity contribution is 5.14. The van der Waals surface area contributed by atoms with E-state index in [1.807, 2.05) is 0 Å². The van der Waals surface area contributed by atoms with Crippen LogP contribution in [0.25, 0.3) is 0 Å². The second-order valence-electron chi connectivity index (χ2n) is 5.36. The Labute approximate surface area is 109 Å². The Morgan fingerprint density at radius 1 is 1.18 bits per heavy atom. The first-order chi connectivity index (χ1) is 8.01. The smallest absolute Gasteiger partial charge is 0.00267 e. The van der Waals surface area contributed by atoms with E-state index < -0.39 is 0 Å². The minimum absolute atomic E-state index is 0.534. The first-order valence-corrected chi connectivity index (χ1v) is 7.11. The van der Waals surface area contributed by atoms with Gasteiger partial charge < -0.3 is 0 Å². The van der Waals surface area contributed by atoms with Crippen LogP contribution in [0, 0.1) is 11.8 Å². The van der Waals surface area contributed by atoms with Crippen LogP contribution in [0.2, 0.25) is 0 Å². The van der Waals surface area contributed by atoms with Crippen LogP contribution in [0.4, 0.5) is 0 Å². The summed E-state index contributed by atoms with van der Waals surface area (Å²) in [6, 6.07) is 0. The van der Waals surface area contributed by atoms with Crippen molar-refractivity contribution in [2.75, 3.05) is 0 Å². The summed E-state index contributed by atoms with van der Waals surface area (Å²) in [4.78, 5) is 0. The van der Waals surface area contributed by atoms with E-state index in [1.54, 1.807) is 0 Å². The normalized spacial score (nSPS) is 13.5. The fraction of sp³-hybridized carbons (Fsp3) is 0.706. The summed E-state index contributed by atoms with van der Waals surface area (Å²) in [7, 11) is 0. The number of allylic oxidation sites excluding steroid dienone is 3. The molecule has 0 amide bonds. The van der Waals surface area contributed by atoms with E-state index in [2.05, 4.69) is 59.4 Å². The highest BCUT2D eigenvalue weighted by Gasteiger charge is 2.05. The second-order valence-corrected chi connectivity index (χ2v) is 5.36. The molecule has 0 heterocycles. The summed E-state index contributed by atoms with van der Waals surface area (Å²) >= 11 is 0. The predicted molar refractivity (Wildman–Crippen MR) is 79.2 cm³/mol. The molecule has 0 aromatic rings. The van der Waals surface area contributed by atoms with Gasteiger partial charge in [-0.15, -0.1) is 5.73 Å². The van der Waals surface area contributed by atoms with Gasteiger partial charge in [0.25, 0.3) is 0 Å². The molecule has 2 atom stereocenters. The molecule has 0 rings (SSSR count). The molecule has 0 nitrogen and oxygen atoms in total.